The van der Waals surface area contributed by atoms with Gasteiger partial charge >= 0.3 is 0 Å². The van der Waals surface area contributed by atoms with Gasteiger partial charge in [0.05, 0.1) is 5.56 Å². The van der Waals surface area contributed by atoms with Gasteiger partial charge in [0, 0.05) is 10.6 Å². The molecule has 5 heteroatoms. The van der Waals surface area contributed by atoms with Gasteiger partial charge in [-0.15, -0.1) is 11.3 Å². The Bertz CT molecular complexity index is 523. The SMILES string of the molecule is Cc1ccc(C(=N)N)c(OCc2cccs2)n1. The van der Waals surface area contributed by atoms with E-state index in [1.54, 1.807) is 17.4 Å². The zero-order chi connectivity index (χ0) is 12.3. The predicted molar refractivity (Wildman–Crippen MR) is 68.6 cm³/mol. The van der Waals surface area contributed by atoms with E-state index in [9.17, 15) is 0 Å². The van der Waals surface area contributed by atoms with E-state index in [0.717, 1.165) is 10.6 Å². The monoisotopic (exact) mass is 247 g/mol. The molecule has 0 saturated carbocycles. The first-order chi connectivity index (χ1) is 8.16. The van der Waals surface area contributed by atoms with E-state index in [0.29, 0.717) is 18.1 Å². The molecule has 0 bridgehead atoms. The molecule has 0 spiro atoms. The standard InChI is InChI=1S/C12H13N3OS/c1-8-4-5-10(11(13)14)12(15-8)16-7-9-3-2-6-17-9/h2-6H,7H2,1H3,(H3,13,14). The van der Waals surface area contributed by atoms with Gasteiger partial charge in [-0.2, -0.15) is 0 Å². The molecule has 0 unspecified atom stereocenters. The summed E-state index contributed by atoms with van der Waals surface area (Å²) in [6.07, 6.45) is 0. The summed E-state index contributed by atoms with van der Waals surface area (Å²) in [6.45, 7) is 2.33. The van der Waals surface area contributed by atoms with Crippen molar-refractivity contribution in [3.63, 3.8) is 0 Å². The van der Waals surface area contributed by atoms with Gasteiger partial charge in [0.1, 0.15) is 12.4 Å². The fraction of sp³-hybridized carbons (Fsp3) is 0.167. The van der Waals surface area contributed by atoms with Crippen LogP contribution in [0.25, 0.3) is 0 Å². The normalized spacial score (nSPS) is 10.2. The van der Waals surface area contributed by atoms with E-state index in [4.69, 9.17) is 15.9 Å². The summed E-state index contributed by atoms with van der Waals surface area (Å²) in [4.78, 5) is 5.37. The lowest BCUT2D eigenvalue weighted by Gasteiger charge is -2.09. The number of nitrogens with two attached hydrogens (primary N) is 1. The van der Waals surface area contributed by atoms with Crippen LogP contribution in [-0.2, 0) is 6.61 Å². The molecule has 0 amide bonds. The smallest absolute Gasteiger partial charge is 0.225 e. The van der Waals surface area contributed by atoms with E-state index < -0.39 is 0 Å². The highest BCUT2D eigenvalue weighted by atomic mass is 32.1. The number of nitrogen functional groups attached to an aromatic ring is 1. The van der Waals surface area contributed by atoms with Crippen LogP contribution in [0, 0.1) is 12.3 Å². The second kappa shape index (κ2) is 4.97. The fourth-order valence-electron chi connectivity index (χ4n) is 1.38. The molecule has 0 aliphatic rings. The minimum absolute atomic E-state index is 0.0290. The molecule has 0 saturated heterocycles. The molecule has 0 atom stereocenters. The van der Waals surface area contributed by atoms with Crippen molar-refractivity contribution in [1.82, 2.24) is 4.98 Å². The maximum absolute atomic E-state index is 7.46. The van der Waals surface area contributed by atoms with Crippen molar-refractivity contribution in [3.8, 4) is 5.88 Å². The van der Waals surface area contributed by atoms with Crippen LogP contribution in [0.3, 0.4) is 0 Å². The molecule has 2 rings (SSSR count). The number of amidine groups is 1. The second-order valence-electron chi connectivity index (χ2n) is 3.59. The summed E-state index contributed by atoms with van der Waals surface area (Å²) in [5, 5.41) is 9.45. The van der Waals surface area contributed by atoms with Gasteiger partial charge in [-0.05, 0) is 30.5 Å². The largest absolute Gasteiger partial charge is 0.471 e. The van der Waals surface area contributed by atoms with Gasteiger partial charge in [0.15, 0.2) is 0 Å². The lowest BCUT2D eigenvalue weighted by atomic mass is 10.2. The number of aryl methyl sites for hydroxylation is 1. The van der Waals surface area contributed by atoms with E-state index in [1.165, 1.54) is 0 Å². The van der Waals surface area contributed by atoms with Crippen molar-refractivity contribution < 1.29 is 4.74 Å². The Morgan fingerprint density at radius 1 is 1.47 bits per heavy atom. The number of hydrogen-bond donors (Lipinski definition) is 2. The number of ether oxygens (including phenoxy) is 1. The lowest BCUT2D eigenvalue weighted by molar-refractivity contribution is 0.296. The molecule has 17 heavy (non-hydrogen) atoms. The minimum atomic E-state index is -0.0290. The molecule has 2 heterocycles. The van der Waals surface area contributed by atoms with Gasteiger partial charge in [-0.1, -0.05) is 6.07 Å². The van der Waals surface area contributed by atoms with Gasteiger partial charge in [0.2, 0.25) is 5.88 Å². The van der Waals surface area contributed by atoms with Crippen molar-refractivity contribution in [3.05, 3.63) is 45.8 Å². The molecule has 2 aromatic rings. The van der Waals surface area contributed by atoms with E-state index in [-0.39, 0.29) is 5.84 Å². The Balaban J connectivity index is 2.19. The number of nitrogens with zero attached hydrogens (tertiary/aromatic N) is 1. The third-order valence-electron chi connectivity index (χ3n) is 2.22. The van der Waals surface area contributed by atoms with Crippen molar-refractivity contribution in [1.29, 1.82) is 5.41 Å². The van der Waals surface area contributed by atoms with Crippen LogP contribution >= 0.6 is 11.3 Å². The van der Waals surface area contributed by atoms with Crippen LogP contribution in [0.2, 0.25) is 0 Å². The van der Waals surface area contributed by atoms with Crippen molar-refractivity contribution >= 4 is 17.2 Å². The van der Waals surface area contributed by atoms with Crippen LogP contribution in [-0.4, -0.2) is 10.8 Å². The summed E-state index contributed by atoms with van der Waals surface area (Å²) in [5.74, 6) is 0.393. The second-order valence-corrected chi connectivity index (χ2v) is 4.62. The molecular weight excluding hydrogens is 234 g/mol. The first-order valence-corrected chi connectivity index (χ1v) is 6.02. The topological polar surface area (TPSA) is 72.0 Å². The predicted octanol–water partition coefficient (Wildman–Crippen LogP) is 2.31. The lowest BCUT2D eigenvalue weighted by Crippen LogP contribution is -2.14. The zero-order valence-corrected chi connectivity index (χ0v) is 10.3. The Hall–Kier alpha value is -1.88. The molecular formula is C12H13N3OS. The zero-order valence-electron chi connectivity index (χ0n) is 9.43. The summed E-state index contributed by atoms with van der Waals surface area (Å²) < 4.78 is 5.60. The number of nitrogens with one attached hydrogen (secondary N) is 1. The molecule has 3 N–H and O–H groups in total. The van der Waals surface area contributed by atoms with Crippen molar-refractivity contribution in [2.24, 2.45) is 5.73 Å². The molecule has 0 aliphatic heterocycles. The van der Waals surface area contributed by atoms with Gasteiger partial charge in [-0.25, -0.2) is 4.98 Å². The Labute approximate surface area is 104 Å². The quantitative estimate of drug-likeness (QED) is 0.643. The number of rotatable bonds is 4. The molecule has 0 radical (unpaired) electrons. The highest BCUT2D eigenvalue weighted by Gasteiger charge is 2.09. The fourth-order valence-corrected chi connectivity index (χ4v) is 2.00. The van der Waals surface area contributed by atoms with Crippen molar-refractivity contribution in [2.45, 2.75) is 13.5 Å². The van der Waals surface area contributed by atoms with Gasteiger partial charge < -0.3 is 10.5 Å². The van der Waals surface area contributed by atoms with E-state index in [1.807, 2.05) is 30.5 Å². The third kappa shape index (κ3) is 2.82. The maximum Gasteiger partial charge on any atom is 0.225 e. The molecule has 0 aliphatic carbocycles. The molecule has 0 fully saturated rings. The van der Waals surface area contributed by atoms with Crippen LogP contribution in [0.5, 0.6) is 5.88 Å². The number of pyridine rings is 1. The van der Waals surface area contributed by atoms with Gasteiger partial charge in [0.25, 0.3) is 0 Å². The van der Waals surface area contributed by atoms with Gasteiger partial charge in [-0.3, -0.25) is 5.41 Å². The molecule has 2 aromatic heterocycles. The summed E-state index contributed by atoms with van der Waals surface area (Å²) in [5.41, 5.74) is 6.86. The number of aromatic nitrogens is 1. The maximum atomic E-state index is 7.46. The van der Waals surface area contributed by atoms with Crippen LogP contribution in [0.4, 0.5) is 0 Å². The van der Waals surface area contributed by atoms with Crippen LogP contribution in [0.1, 0.15) is 16.1 Å². The molecule has 88 valence electrons. The first-order valence-electron chi connectivity index (χ1n) is 5.14. The Morgan fingerprint density at radius 3 is 2.94 bits per heavy atom. The minimum Gasteiger partial charge on any atom is -0.471 e. The summed E-state index contributed by atoms with van der Waals surface area (Å²) in [6, 6.07) is 7.54. The summed E-state index contributed by atoms with van der Waals surface area (Å²) in [7, 11) is 0. The van der Waals surface area contributed by atoms with Crippen LogP contribution < -0.4 is 10.5 Å². The Morgan fingerprint density at radius 2 is 2.29 bits per heavy atom. The molecule has 4 nitrogen and oxygen atoms in total. The highest BCUT2D eigenvalue weighted by Crippen LogP contribution is 2.18. The third-order valence-corrected chi connectivity index (χ3v) is 3.07. The Kier molecular flexibility index (Phi) is 3.39. The average Bonchev–Trinajstić information content (AvgIpc) is 2.78. The number of thiophene rings is 1. The van der Waals surface area contributed by atoms with E-state index in [2.05, 4.69) is 4.98 Å². The first kappa shape index (κ1) is 11.6. The number of hydrogen-bond acceptors (Lipinski definition) is 4. The van der Waals surface area contributed by atoms with Crippen LogP contribution in [0.15, 0.2) is 29.6 Å². The average molecular weight is 247 g/mol. The van der Waals surface area contributed by atoms with Crippen molar-refractivity contribution in [2.75, 3.05) is 0 Å². The highest BCUT2D eigenvalue weighted by molar-refractivity contribution is 7.09. The van der Waals surface area contributed by atoms with E-state index >= 15 is 0 Å². The molecule has 0 aromatic carbocycles. The summed E-state index contributed by atoms with van der Waals surface area (Å²) >= 11 is 1.62.